The van der Waals surface area contributed by atoms with Gasteiger partial charge in [0.1, 0.15) is 0 Å². The molecule has 0 aliphatic heterocycles. The maximum atomic E-state index is 10.7. The van der Waals surface area contributed by atoms with Crippen LogP contribution in [0.4, 0.5) is 5.69 Å². The summed E-state index contributed by atoms with van der Waals surface area (Å²) in [6.07, 6.45) is 0. The van der Waals surface area contributed by atoms with Crippen molar-refractivity contribution in [3.05, 3.63) is 59.7 Å². The Hall–Kier alpha value is -1.85. The molecule has 0 saturated heterocycles. The Morgan fingerprint density at radius 1 is 0.952 bits per heavy atom. The number of rotatable bonds is 2. The number of para-hydroxylation sites is 1. The molecule has 0 heterocycles. The van der Waals surface area contributed by atoms with Crippen molar-refractivity contribution in [3.8, 4) is 0 Å². The number of hydrogen-bond acceptors (Lipinski definition) is 3. The summed E-state index contributed by atoms with van der Waals surface area (Å²) >= 11 is 0. The van der Waals surface area contributed by atoms with Crippen LogP contribution in [0.3, 0.4) is 0 Å². The third-order valence-corrected chi connectivity index (χ3v) is 3.89. The van der Waals surface area contributed by atoms with Crippen LogP contribution in [0.2, 0.25) is 0 Å². The van der Waals surface area contributed by atoms with Gasteiger partial charge in [-0.1, -0.05) is 35.9 Å². The van der Waals surface area contributed by atoms with Crippen molar-refractivity contribution >= 4 is 15.8 Å². The van der Waals surface area contributed by atoms with E-state index in [9.17, 15) is 8.42 Å². The predicted octanol–water partition coefficient (Wildman–Crippen LogP) is 3.30. The molecule has 5 heteroatoms. The first-order chi connectivity index (χ1) is 9.71. The molecule has 0 amide bonds. The van der Waals surface area contributed by atoms with E-state index in [-0.39, 0.29) is 4.90 Å². The first-order valence-corrected chi connectivity index (χ1v) is 7.93. The monoisotopic (exact) mass is 307 g/mol. The molecule has 2 aromatic rings. The molecule has 0 spiro atoms. The van der Waals surface area contributed by atoms with Gasteiger partial charge in [0.05, 0.1) is 4.90 Å². The minimum atomic E-state index is -4.05. The molecule has 1 N–H and O–H groups in total. The molecule has 4 nitrogen and oxygen atoms in total. The highest BCUT2D eigenvalue weighted by Crippen LogP contribution is 2.15. The predicted molar refractivity (Wildman–Crippen MR) is 86.5 cm³/mol. The topological polar surface area (TPSA) is 57.6 Å². The smallest absolute Gasteiger partial charge is 0.294 e. The number of anilines is 1. The Labute approximate surface area is 126 Å². The fraction of sp³-hybridized carbons (Fsp3) is 0.250. The van der Waals surface area contributed by atoms with Gasteiger partial charge in [-0.3, -0.25) is 4.55 Å². The third-order valence-electron chi connectivity index (χ3n) is 2.88. The van der Waals surface area contributed by atoms with Crippen molar-refractivity contribution in [1.82, 2.24) is 0 Å². The van der Waals surface area contributed by atoms with Crippen LogP contribution in [0.25, 0.3) is 0 Å². The van der Waals surface area contributed by atoms with Gasteiger partial charge in [0.2, 0.25) is 0 Å². The van der Waals surface area contributed by atoms with Crippen molar-refractivity contribution in [2.24, 2.45) is 0 Å². The van der Waals surface area contributed by atoms with E-state index in [1.807, 2.05) is 39.2 Å². The van der Waals surface area contributed by atoms with E-state index in [0.717, 1.165) is 5.56 Å². The Morgan fingerprint density at radius 3 is 1.90 bits per heavy atom. The lowest BCUT2D eigenvalue weighted by molar-refractivity contribution is 0.482. The van der Waals surface area contributed by atoms with E-state index in [4.69, 9.17) is 4.55 Å². The van der Waals surface area contributed by atoms with E-state index < -0.39 is 10.1 Å². The van der Waals surface area contributed by atoms with Crippen LogP contribution >= 0.6 is 0 Å². The lowest BCUT2D eigenvalue weighted by atomic mass is 10.2. The fourth-order valence-corrected chi connectivity index (χ4v) is 2.52. The Morgan fingerprint density at radius 2 is 1.52 bits per heavy atom. The van der Waals surface area contributed by atoms with Crippen LogP contribution in [0.5, 0.6) is 0 Å². The van der Waals surface area contributed by atoms with E-state index >= 15 is 0 Å². The lowest BCUT2D eigenvalue weighted by Gasteiger charge is -2.10. The van der Waals surface area contributed by atoms with E-state index in [1.54, 1.807) is 19.1 Å². The summed E-state index contributed by atoms with van der Waals surface area (Å²) in [5.41, 5.74) is 2.79. The first kappa shape index (κ1) is 17.2. The molecule has 2 rings (SSSR count). The summed E-state index contributed by atoms with van der Waals surface area (Å²) in [5.74, 6) is 0. The second-order valence-corrected chi connectivity index (χ2v) is 6.36. The van der Waals surface area contributed by atoms with E-state index in [2.05, 4.69) is 17.0 Å². The second-order valence-electron chi connectivity index (χ2n) is 4.97. The molecule has 0 radical (unpaired) electrons. The second kappa shape index (κ2) is 7.24. The molecule has 0 atom stereocenters. The van der Waals surface area contributed by atoms with Crippen molar-refractivity contribution in [3.63, 3.8) is 0 Å². The number of aryl methyl sites for hydroxylation is 2. The van der Waals surface area contributed by atoms with Crippen molar-refractivity contribution in [2.45, 2.75) is 18.7 Å². The average molecular weight is 307 g/mol. The number of benzene rings is 2. The van der Waals surface area contributed by atoms with Crippen molar-refractivity contribution in [2.75, 3.05) is 19.0 Å². The Bertz CT molecular complexity index is 680. The van der Waals surface area contributed by atoms with Crippen LogP contribution in [0.15, 0.2) is 53.4 Å². The van der Waals surface area contributed by atoms with Crippen LogP contribution in [0, 0.1) is 13.8 Å². The number of nitrogens with zero attached hydrogens (tertiary/aromatic N) is 1. The molecule has 0 fully saturated rings. The molecular formula is C16H21NO3S. The average Bonchev–Trinajstić information content (AvgIpc) is 2.38. The largest absolute Gasteiger partial charge is 0.378 e. The highest BCUT2D eigenvalue weighted by Gasteiger charge is 2.11. The summed E-state index contributed by atoms with van der Waals surface area (Å²) in [4.78, 5) is 2.06. The minimum absolute atomic E-state index is 0.0203. The maximum absolute atomic E-state index is 10.7. The van der Waals surface area contributed by atoms with E-state index in [0.29, 0.717) is 5.56 Å². The molecule has 0 aliphatic carbocycles. The van der Waals surface area contributed by atoms with Crippen LogP contribution in [0.1, 0.15) is 11.1 Å². The molecule has 114 valence electrons. The zero-order chi connectivity index (χ0) is 16.0. The van der Waals surface area contributed by atoms with Gasteiger partial charge in [-0.15, -0.1) is 0 Å². The van der Waals surface area contributed by atoms with Gasteiger partial charge in [0.15, 0.2) is 0 Å². The molecule has 0 unspecified atom stereocenters. The molecule has 2 aromatic carbocycles. The maximum Gasteiger partial charge on any atom is 0.294 e. The molecule has 0 bridgehead atoms. The van der Waals surface area contributed by atoms with Gasteiger partial charge in [-0.2, -0.15) is 8.42 Å². The lowest BCUT2D eigenvalue weighted by Crippen LogP contribution is -2.07. The normalized spacial score (nSPS) is 10.5. The van der Waals surface area contributed by atoms with Crippen LogP contribution < -0.4 is 4.90 Å². The molecule has 0 saturated carbocycles. The SMILES string of the molecule is CN(C)c1ccccc1.Cc1ccc(S(=O)(=O)O)c(C)c1. The minimum Gasteiger partial charge on any atom is -0.378 e. The summed E-state index contributed by atoms with van der Waals surface area (Å²) in [7, 11) is 0.0238. The van der Waals surface area contributed by atoms with Gasteiger partial charge in [-0.25, -0.2) is 0 Å². The molecule has 21 heavy (non-hydrogen) atoms. The highest BCUT2D eigenvalue weighted by atomic mass is 32.2. The van der Waals surface area contributed by atoms with Crippen molar-refractivity contribution < 1.29 is 13.0 Å². The number of hydrogen-bond donors (Lipinski definition) is 1. The fourth-order valence-electron chi connectivity index (χ4n) is 1.81. The van der Waals surface area contributed by atoms with Crippen LogP contribution in [-0.2, 0) is 10.1 Å². The summed E-state index contributed by atoms with van der Waals surface area (Å²) < 4.78 is 30.2. The van der Waals surface area contributed by atoms with E-state index in [1.165, 1.54) is 11.8 Å². The Kier molecular flexibility index (Phi) is 5.93. The molecule has 0 aromatic heterocycles. The standard InChI is InChI=1S/C8H11N.C8H10O3S/c1-9(2)8-6-4-3-5-7-8;1-6-3-4-8(7(2)5-6)12(9,10)11/h3-7H,1-2H3;3-5H,1-2H3,(H,9,10,11). The third kappa shape index (κ3) is 5.57. The summed E-state index contributed by atoms with van der Waals surface area (Å²) in [6.45, 7) is 3.51. The van der Waals surface area contributed by atoms with Gasteiger partial charge in [0.25, 0.3) is 10.1 Å². The van der Waals surface area contributed by atoms with Gasteiger partial charge >= 0.3 is 0 Å². The molecular weight excluding hydrogens is 286 g/mol. The summed E-state index contributed by atoms with van der Waals surface area (Å²) in [5, 5.41) is 0. The van der Waals surface area contributed by atoms with Gasteiger partial charge < -0.3 is 4.90 Å². The van der Waals surface area contributed by atoms with Gasteiger partial charge in [0, 0.05) is 19.8 Å². The zero-order valence-corrected chi connectivity index (χ0v) is 13.6. The summed E-state index contributed by atoms with van der Waals surface area (Å²) in [6, 6.07) is 15.0. The first-order valence-electron chi connectivity index (χ1n) is 6.49. The van der Waals surface area contributed by atoms with Gasteiger partial charge in [-0.05, 0) is 37.6 Å². The van der Waals surface area contributed by atoms with Crippen LogP contribution in [-0.4, -0.2) is 27.1 Å². The highest BCUT2D eigenvalue weighted by molar-refractivity contribution is 7.85. The van der Waals surface area contributed by atoms with Crippen molar-refractivity contribution in [1.29, 1.82) is 0 Å². The zero-order valence-electron chi connectivity index (χ0n) is 12.7. The molecule has 0 aliphatic rings. The quantitative estimate of drug-likeness (QED) is 0.865. The Balaban J connectivity index is 0.000000219.